The lowest BCUT2D eigenvalue weighted by Crippen LogP contribution is -2.33. The van der Waals surface area contributed by atoms with E-state index in [1.807, 2.05) is 98.8 Å². The zero-order chi connectivity index (χ0) is 69.0. The Hall–Kier alpha value is -11.0. The van der Waals surface area contributed by atoms with E-state index < -0.39 is 17.8 Å². The molecular weight excluding hydrogens is 1210 g/mol. The minimum Gasteiger partial charge on any atom is -0.478 e. The third kappa shape index (κ3) is 29.9. The molecule has 95 heavy (non-hydrogen) atoms. The highest BCUT2D eigenvalue weighted by Gasteiger charge is 2.17. The highest BCUT2D eigenvalue weighted by atomic mass is 16.8. The van der Waals surface area contributed by atoms with E-state index in [9.17, 15) is 43.2 Å². The Labute approximate surface area is 552 Å². The molecule has 2 unspecified atom stereocenters. The number of carbonyl (C=O) groups is 9. The maximum atomic E-state index is 12.1. The number of Topliss-reactive ketones (excluding diaryl/α,β-unsaturated/α-hetero) is 1. The Morgan fingerprint density at radius 1 is 0.421 bits per heavy atom. The van der Waals surface area contributed by atoms with Crippen LogP contribution in [0, 0.1) is 0 Å². The number of aromatic carboxylic acids is 2. The number of ether oxygens (including phenoxy) is 2. The van der Waals surface area contributed by atoms with Crippen molar-refractivity contribution in [3.63, 3.8) is 0 Å². The number of nitrogens with one attached hydrogen (secondary N) is 2. The first kappa shape index (κ1) is 76.4. The summed E-state index contributed by atoms with van der Waals surface area (Å²) in [5, 5.41) is 25.7. The van der Waals surface area contributed by atoms with Crippen LogP contribution >= 0.6 is 0 Å². The van der Waals surface area contributed by atoms with Crippen LogP contribution in [0.25, 0.3) is 18.2 Å². The molecule has 0 spiro atoms. The highest BCUT2D eigenvalue weighted by Crippen LogP contribution is 2.16. The molecule has 0 saturated carbocycles. The fourth-order valence-electron chi connectivity index (χ4n) is 8.08. The first-order valence-corrected chi connectivity index (χ1v) is 30.3. The lowest BCUT2D eigenvalue weighted by Gasteiger charge is -2.22. The van der Waals surface area contributed by atoms with E-state index in [2.05, 4.69) is 10.3 Å². The number of hydroxylamine groups is 2. The summed E-state index contributed by atoms with van der Waals surface area (Å²) in [4.78, 5) is 110. The number of hydrogen-bond acceptors (Lipinski definition) is 15. The van der Waals surface area contributed by atoms with Crippen LogP contribution in [0.4, 0.5) is 0 Å². The molecule has 7 N–H and O–H groups in total. The van der Waals surface area contributed by atoms with Gasteiger partial charge in [-0.15, -0.1) is 0 Å². The standard InChI is InChI=1S/C21H21NO4.C16H13NO3.C16H12O3.C8H6O3.C8H8O.C5H11NO2.C2H6/c23-19(17-6-2-1-3-7-17)14-11-16-9-12-18(13-10-16)21(24)22-26-20-8-4-5-15-25-20;18-15(13-4-2-1-3-5-13)11-8-12-6-9-14(10-7-12)16(19)17-20;17-15(13-4-2-1-3-5-13)11-8-12-6-9-14(10-7-12)16(18)19;9-5-6-1-3-7(4-2-6)8(10)11;1-7(9)8-5-3-2-4-6-8;6-8-5-3-1-2-4-7-5;1-2/h1-3,6-7,9-14,20H,4-5,8,15H2,(H,22,24);1-11,20H,(H,17,19);1-11H,(H,18,19);1-5H,(H,10,11);2-6H,1H3;5H,1-4,6H2;1-2H3/b14-11+;2*11-8+;;;;. The van der Waals surface area contributed by atoms with Gasteiger partial charge in [0.05, 0.1) is 11.1 Å². The van der Waals surface area contributed by atoms with Gasteiger partial charge in [-0.1, -0.05) is 202 Å². The second kappa shape index (κ2) is 44.5. The quantitative estimate of drug-likeness (QED) is 0.0153. The molecule has 0 aromatic heterocycles. The van der Waals surface area contributed by atoms with Gasteiger partial charge < -0.3 is 19.7 Å². The van der Waals surface area contributed by atoms with Gasteiger partial charge >= 0.3 is 11.9 Å². The van der Waals surface area contributed by atoms with Gasteiger partial charge in [-0.3, -0.25) is 43.6 Å². The number of amides is 2. The van der Waals surface area contributed by atoms with E-state index >= 15 is 0 Å². The molecule has 19 heteroatoms. The van der Waals surface area contributed by atoms with E-state index in [1.54, 1.807) is 128 Å². The minimum atomic E-state index is -0.984. The summed E-state index contributed by atoms with van der Waals surface area (Å²) >= 11 is 0. The van der Waals surface area contributed by atoms with Crippen LogP contribution in [0.15, 0.2) is 237 Å². The average Bonchev–Trinajstić information content (AvgIpc) is 2.74. The zero-order valence-corrected chi connectivity index (χ0v) is 52.9. The number of carbonyl (C=O) groups excluding carboxylic acids is 7. The molecule has 2 fully saturated rings. The Bertz CT molecular complexity index is 3720. The smallest absolute Gasteiger partial charge is 0.335 e. The lowest BCUT2D eigenvalue weighted by molar-refractivity contribution is -0.186. The summed E-state index contributed by atoms with van der Waals surface area (Å²) in [5.41, 5.74) is 10.8. The summed E-state index contributed by atoms with van der Waals surface area (Å²) in [6.07, 6.45) is 15.8. The average molecular weight is 1290 g/mol. The number of hydrogen-bond donors (Lipinski definition) is 6. The normalized spacial score (nSPS) is 13.5. The molecule has 10 rings (SSSR count). The predicted molar refractivity (Wildman–Crippen MR) is 363 cm³/mol. The van der Waals surface area contributed by atoms with Gasteiger partial charge in [0.25, 0.3) is 11.8 Å². The molecular formula is C76H77N3O16. The van der Waals surface area contributed by atoms with Crippen molar-refractivity contribution < 1.29 is 77.7 Å². The Morgan fingerprint density at radius 3 is 1.01 bits per heavy atom. The zero-order valence-electron chi connectivity index (χ0n) is 52.9. The minimum absolute atomic E-state index is 0.0618. The van der Waals surface area contributed by atoms with Crippen molar-refractivity contribution in [3.05, 3.63) is 303 Å². The third-order valence-corrected chi connectivity index (χ3v) is 13.2. The van der Waals surface area contributed by atoms with Crippen molar-refractivity contribution in [2.45, 2.75) is 71.9 Å². The molecule has 2 aliphatic heterocycles. The number of allylic oxidation sites excluding steroid dienone is 3. The van der Waals surface area contributed by atoms with E-state index in [4.69, 9.17) is 35.6 Å². The number of carboxylic acid groups (broad SMARTS) is 2. The topological polar surface area (TPSA) is 301 Å². The van der Waals surface area contributed by atoms with Gasteiger partial charge in [0.15, 0.2) is 35.7 Å². The van der Waals surface area contributed by atoms with Gasteiger partial charge in [0.2, 0.25) is 0 Å². The van der Waals surface area contributed by atoms with Crippen molar-refractivity contribution in [2.24, 2.45) is 5.90 Å². The molecule has 19 nitrogen and oxygen atoms in total. The highest BCUT2D eigenvalue weighted by molar-refractivity contribution is 6.08. The molecule has 0 aliphatic carbocycles. The largest absolute Gasteiger partial charge is 0.478 e. The summed E-state index contributed by atoms with van der Waals surface area (Å²) < 4.78 is 10.5. The van der Waals surface area contributed by atoms with Gasteiger partial charge in [-0.25, -0.2) is 31.3 Å². The first-order valence-electron chi connectivity index (χ1n) is 30.3. The summed E-state index contributed by atoms with van der Waals surface area (Å²) in [7, 11) is 0. The monoisotopic (exact) mass is 1290 g/mol. The van der Waals surface area contributed by atoms with Crippen molar-refractivity contribution in [1.82, 2.24) is 11.0 Å². The number of benzene rings is 8. The molecule has 2 saturated heterocycles. The molecule has 8 aromatic rings. The SMILES string of the molecule is CC.CC(=O)c1ccccc1.NOC1CCCCO1.O=C(/C=C/c1ccc(C(=O)NO)cc1)c1ccccc1.O=C(/C=C/c1ccc(C(=O)NOC2CCCCO2)cc1)c1ccccc1.O=C(O)c1ccc(/C=C/C(=O)c2ccccc2)cc1.O=Cc1ccc(C(=O)O)cc1. The maximum absolute atomic E-state index is 12.1. The van der Waals surface area contributed by atoms with Crippen molar-refractivity contribution >= 4 is 71.4 Å². The number of ketones is 4. The molecule has 0 radical (unpaired) electrons. The van der Waals surface area contributed by atoms with Crippen LogP contribution in [0.5, 0.6) is 0 Å². The Kier molecular flexibility index (Phi) is 35.8. The maximum Gasteiger partial charge on any atom is 0.335 e. The first-order chi connectivity index (χ1) is 46.1. The van der Waals surface area contributed by atoms with Gasteiger partial charge in [0, 0.05) is 65.0 Å². The van der Waals surface area contributed by atoms with Crippen molar-refractivity contribution in [2.75, 3.05) is 13.2 Å². The van der Waals surface area contributed by atoms with E-state index in [-0.39, 0.29) is 52.7 Å². The molecule has 2 heterocycles. The second-order valence-corrected chi connectivity index (χ2v) is 20.0. The Morgan fingerprint density at radius 2 is 0.737 bits per heavy atom. The predicted octanol–water partition coefficient (Wildman–Crippen LogP) is 14.3. The van der Waals surface area contributed by atoms with Crippen molar-refractivity contribution in [3.8, 4) is 0 Å². The van der Waals surface area contributed by atoms with Crippen LogP contribution in [-0.4, -0.2) is 94.4 Å². The van der Waals surface area contributed by atoms with E-state index in [0.717, 1.165) is 61.0 Å². The summed E-state index contributed by atoms with van der Waals surface area (Å²) in [6.45, 7) is 7.01. The third-order valence-electron chi connectivity index (χ3n) is 13.2. The number of nitrogens with two attached hydrogens (primary N) is 1. The van der Waals surface area contributed by atoms with Crippen LogP contribution < -0.4 is 16.9 Å². The molecule has 0 bridgehead atoms. The molecule has 8 aromatic carbocycles. The molecule has 2 amide bonds. The fraction of sp³-hybridized carbons (Fsp3) is 0.171. The molecule has 2 aliphatic rings. The van der Waals surface area contributed by atoms with Gasteiger partial charge in [0.1, 0.15) is 6.29 Å². The van der Waals surface area contributed by atoms with Crippen LogP contribution in [0.2, 0.25) is 0 Å². The fourth-order valence-corrected chi connectivity index (χ4v) is 8.08. The lowest BCUT2D eigenvalue weighted by atomic mass is 10.1. The van der Waals surface area contributed by atoms with Crippen LogP contribution in [0.3, 0.4) is 0 Å². The molecule has 2 atom stereocenters. The van der Waals surface area contributed by atoms with Gasteiger partial charge in [-0.2, -0.15) is 0 Å². The Balaban J connectivity index is 0.000000252. The molecule has 492 valence electrons. The van der Waals surface area contributed by atoms with Crippen LogP contribution in [0.1, 0.15) is 169 Å². The number of aldehydes is 1. The van der Waals surface area contributed by atoms with Crippen LogP contribution in [-0.2, 0) is 19.1 Å². The van der Waals surface area contributed by atoms with Crippen molar-refractivity contribution in [1.29, 1.82) is 0 Å². The number of carboxylic acids is 2. The second-order valence-electron chi connectivity index (χ2n) is 20.0. The summed E-state index contributed by atoms with van der Waals surface area (Å²) in [6, 6.07) is 61.8. The van der Waals surface area contributed by atoms with E-state index in [1.165, 1.54) is 61.0 Å². The number of rotatable bonds is 18. The summed E-state index contributed by atoms with van der Waals surface area (Å²) in [5.74, 6) is 1.94. The van der Waals surface area contributed by atoms with E-state index in [0.29, 0.717) is 46.3 Å². The van der Waals surface area contributed by atoms with Gasteiger partial charge in [-0.05, 0) is 116 Å².